The van der Waals surface area contributed by atoms with Crippen LogP contribution in [0.2, 0.25) is 0 Å². The highest BCUT2D eigenvalue weighted by Crippen LogP contribution is 2.27. The van der Waals surface area contributed by atoms with Gasteiger partial charge < -0.3 is 4.52 Å². The standard InChI is InChI=1S/C29H44N2O4S/c1-3-4-5-6-7-8-9-10-11-12-13-14-15-17-26-29-27(18-16-19-28(29)34-30-26)31-35-36(32,33)25-22-20-24(2)21-23-25/h20-23H,3-19H2,1-2H3/b31-27+. The van der Waals surface area contributed by atoms with E-state index in [1.807, 2.05) is 6.92 Å². The molecule has 0 bridgehead atoms. The molecule has 0 saturated carbocycles. The third-order valence-corrected chi connectivity index (χ3v) is 8.13. The molecule has 0 N–H and O–H groups in total. The lowest BCUT2D eigenvalue weighted by molar-refractivity contribution is 0.336. The summed E-state index contributed by atoms with van der Waals surface area (Å²) in [5.74, 6) is 0.793. The normalized spacial score (nSPS) is 14.8. The number of benzene rings is 1. The fourth-order valence-corrected chi connectivity index (χ4v) is 5.56. The average Bonchev–Trinajstić information content (AvgIpc) is 3.29. The molecule has 0 amide bonds. The van der Waals surface area contributed by atoms with E-state index >= 15 is 0 Å². The highest BCUT2D eigenvalue weighted by molar-refractivity contribution is 7.86. The van der Waals surface area contributed by atoms with E-state index in [0.29, 0.717) is 12.1 Å². The minimum Gasteiger partial charge on any atom is -0.360 e. The fourth-order valence-electron chi connectivity index (χ4n) is 4.82. The largest absolute Gasteiger partial charge is 0.360 e. The maximum absolute atomic E-state index is 12.6. The van der Waals surface area contributed by atoms with E-state index in [2.05, 4.69) is 17.2 Å². The molecule has 200 valence electrons. The Kier molecular flexibility index (Phi) is 12.0. The van der Waals surface area contributed by atoms with Gasteiger partial charge in [-0.15, -0.1) is 0 Å². The van der Waals surface area contributed by atoms with Crippen LogP contribution in [0, 0.1) is 6.92 Å². The van der Waals surface area contributed by atoms with Crippen molar-refractivity contribution >= 4 is 15.8 Å². The summed E-state index contributed by atoms with van der Waals surface area (Å²) in [5, 5.41) is 8.36. The van der Waals surface area contributed by atoms with E-state index in [9.17, 15) is 8.42 Å². The molecule has 3 rings (SSSR count). The molecule has 2 aromatic rings. The summed E-state index contributed by atoms with van der Waals surface area (Å²) < 4.78 is 35.8. The Labute approximate surface area is 218 Å². The van der Waals surface area contributed by atoms with Crippen LogP contribution >= 0.6 is 0 Å². The van der Waals surface area contributed by atoms with E-state index in [0.717, 1.165) is 48.3 Å². The van der Waals surface area contributed by atoms with Crippen molar-refractivity contribution < 1.29 is 17.2 Å². The Bertz CT molecular complexity index is 1040. The highest BCUT2D eigenvalue weighted by atomic mass is 32.2. The third kappa shape index (κ3) is 9.06. The second kappa shape index (κ2) is 15.2. The zero-order valence-electron chi connectivity index (χ0n) is 22.3. The van der Waals surface area contributed by atoms with E-state index in [1.165, 1.54) is 89.2 Å². The number of nitrogens with zero attached hydrogens (tertiary/aromatic N) is 2. The maximum Gasteiger partial charge on any atom is 0.358 e. The van der Waals surface area contributed by atoms with Crippen molar-refractivity contribution in [2.45, 2.75) is 128 Å². The van der Waals surface area contributed by atoms with Crippen molar-refractivity contribution in [2.75, 3.05) is 0 Å². The summed E-state index contributed by atoms with van der Waals surface area (Å²) >= 11 is 0. The van der Waals surface area contributed by atoms with E-state index < -0.39 is 10.1 Å². The number of oxime groups is 1. The predicted molar refractivity (Wildman–Crippen MR) is 145 cm³/mol. The minimum absolute atomic E-state index is 0.103. The van der Waals surface area contributed by atoms with Crippen molar-refractivity contribution in [1.82, 2.24) is 5.16 Å². The molecular formula is C29H44N2O4S. The van der Waals surface area contributed by atoms with Crippen LogP contribution in [0.1, 0.15) is 126 Å². The Morgan fingerprint density at radius 2 is 1.44 bits per heavy atom. The van der Waals surface area contributed by atoms with Gasteiger partial charge in [-0.05, 0) is 44.7 Å². The molecule has 1 aliphatic rings. The smallest absolute Gasteiger partial charge is 0.358 e. The Balaban J connectivity index is 1.40. The first-order valence-electron chi connectivity index (χ1n) is 14.1. The van der Waals surface area contributed by atoms with Crippen molar-refractivity contribution in [3.63, 3.8) is 0 Å². The maximum atomic E-state index is 12.6. The molecule has 1 aromatic heterocycles. The number of rotatable bonds is 17. The fraction of sp³-hybridized carbons (Fsp3) is 0.655. The van der Waals surface area contributed by atoms with E-state index in [1.54, 1.807) is 12.1 Å². The number of hydrogen-bond acceptors (Lipinski definition) is 6. The first-order chi connectivity index (χ1) is 17.5. The van der Waals surface area contributed by atoms with Crippen molar-refractivity contribution in [3.8, 4) is 0 Å². The van der Waals surface area contributed by atoms with Crippen LogP contribution in [-0.2, 0) is 27.2 Å². The van der Waals surface area contributed by atoms with Crippen molar-refractivity contribution in [2.24, 2.45) is 5.16 Å². The molecule has 0 fully saturated rings. The quantitative estimate of drug-likeness (QED) is 0.157. The lowest BCUT2D eigenvalue weighted by atomic mass is 9.93. The summed E-state index contributed by atoms with van der Waals surface area (Å²) in [6, 6.07) is 6.57. The summed E-state index contributed by atoms with van der Waals surface area (Å²) in [4.78, 5) is 0.103. The molecule has 0 saturated heterocycles. The third-order valence-electron chi connectivity index (χ3n) is 7.01. The molecule has 36 heavy (non-hydrogen) atoms. The molecule has 1 aromatic carbocycles. The average molecular weight is 517 g/mol. The minimum atomic E-state index is -3.95. The van der Waals surface area contributed by atoms with E-state index in [4.69, 9.17) is 8.81 Å². The highest BCUT2D eigenvalue weighted by Gasteiger charge is 2.26. The van der Waals surface area contributed by atoms with Gasteiger partial charge in [0.15, 0.2) is 0 Å². The first kappa shape index (κ1) is 28.4. The van der Waals surface area contributed by atoms with Gasteiger partial charge in [-0.3, -0.25) is 4.28 Å². The number of unbranched alkanes of at least 4 members (excludes halogenated alkanes) is 12. The lowest BCUT2D eigenvalue weighted by Crippen LogP contribution is -2.14. The van der Waals surface area contributed by atoms with Crippen LogP contribution in [0.4, 0.5) is 0 Å². The molecule has 1 heterocycles. The SMILES string of the molecule is CCCCCCCCCCCCCCCc1noc2c1/C(=N/OS(=O)(=O)c1ccc(C)cc1)CCC2. The Hall–Kier alpha value is -2.15. The van der Waals surface area contributed by atoms with Crippen LogP contribution in [0.5, 0.6) is 0 Å². The summed E-state index contributed by atoms with van der Waals surface area (Å²) in [7, 11) is -3.95. The van der Waals surface area contributed by atoms with Crippen LogP contribution in [0.3, 0.4) is 0 Å². The molecule has 0 spiro atoms. The molecule has 7 heteroatoms. The zero-order chi connectivity index (χ0) is 25.6. The second-order valence-electron chi connectivity index (χ2n) is 10.2. The van der Waals surface area contributed by atoms with Gasteiger partial charge in [0.1, 0.15) is 10.7 Å². The molecular weight excluding hydrogens is 472 g/mol. The molecule has 0 aliphatic heterocycles. The first-order valence-corrected chi connectivity index (χ1v) is 15.5. The van der Waals surface area contributed by atoms with Gasteiger partial charge >= 0.3 is 10.1 Å². The summed E-state index contributed by atoms with van der Waals surface area (Å²) in [6.07, 6.45) is 20.2. The predicted octanol–water partition coefficient (Wildman–Crippen LogP) is 8.06. The van der Waals surface area contributed by atoms with Gasteiger partial charge in [0.25, 0.3) is 0 Å². The molecule has 0 radical (unpaired) electrons. The second-order valence-corrected chi connectivity index (χ2v) is 11.7. The Morgan fingerprint density at radius 1 is 0.861 bits per heavy atom. The Morgan fingerprint density at radius 3 is 2.06 bits per heavy atom. The summed E-state index contributed by atoms with van der Waals surface area (Å²) in [6.45, 7) is 4.18. The molecule has 6 nitrogen and oxygen atoms in total. The number of aromatic nitrogens is 1. The van der Waals surface area contributed by atoms with Crippen LogP contribution in [0.15, 0.2) is 38.8 Å². The van der Waals surface area contributed by atoms with Gasteiger partial charge in [-0.2, -0.15) is 8.42 Å². The van der Waals surface area contributed by atoms with Crippen LogP contribution in [-0.4, -0.2) is 19.3 Å². The van der Waals surface area contributed by atoms with Gasteiger partial charge in [-0.25, -0.2) is 0 Å². The van der Waals surface area contributed by atoms with Crippen molar-refractivity contribution in [3.05, 3.63) is 46.8 Å². The van der Waals surface area contributed by atoms with Crippen LogP contribution < -0.4 is 0 Å². The van der Waals surface area contributed by atoms with Gasteiger partial charge in [0, 0.05) is 6.42 Å². The summed E-state index contributed by atoms with van der Waals surface area (Å²) in [5.41, 5.74) is 3.35. The topological polar surface area (TPSA) is 81.8 Å². The van der Waals surface area contributed by atoms with Gasteiger partial charge in [-0.1, -0.05) is 112 Å². The van der Waals surface area contributed by atoms with Gasteiger partial charge in [0.05, 0.1) is 17.0 Å². The van der Waals surface area contributed by atoms with Crippen molar-refractivity contribution in [1.29, 1.82) is 0 Å². The number of aryl methyl sites for hydroxylation is 3. The molecule has 1 aliphatic carbocycles. The lowest BCUT2D eigenvalue weighted by Gasteiger charge is -2.12. The van der Waals surface area contributed by atoms with Crippen LogP contribution in [0.25, 0.3) is 0 Å². The van der Waals surface area contributed by atoms with Gasteiger partial charge in [0.2, 0.25) is 0 Å². The van der Waals surface area contributed by atoms with E-state index in [-0.39, 0.29) is 4.90 Å². The zero-order valence-corrected chi connectivity index (χ0v) is 23.1. The number of fused-ring (bicyclic) bond motifs is 1. The molecule has 0 unspecified atom stereocenters. The molecule has 0 atom stereocenters. The monoisotopic (exact) mass is 516 g/mol. The number of hydrogen-bond donors (Lipinski definition) is 0.